The molecule has 0 bridgehead atoms. The first kappa shape index (κ1) is 13.6. The number of hydrogen-bond acceptors (Lipinski definition) is 1. The normalized spacial score (nSPS) is 10.6. The standard InChI is InChI=1S/C8H4F3O.ClH.Zn/c9-8(10,11)7(12)6-4-2-1-3-5-6;;/h2-5H;1H;/q;;+1/p-1. The van der Waals surface area contributed by atoms with Crippen LogP contribution in [-0.4, -0.2) is 12.0 Å². The molecule has 0 heterocycles. The second kappa shape index (κ2) is 4.90. The second-order valence-corrected chi connectivity index (χ2v) is 4.24. The predicted octanol–water partition coefficient (Wildman–Crippen LogP) is -1.39. The number of rotatable bonds is 1. The van der Waals surface area contributed by atoms with E-state index in [-0.39, 0.29) is 18.0 Å². The number of Topliss-reactive ketones (excluding diaryl/α,β-unsaturated/α-hetero) is 1. The first-order valence-corrected chi connectivity index (χ1v) is 4.93. The van der Waals surface area contributed by atoms with Gasteiger partial charge in [-0.15, -0.1) is 0 Å². The van der Waals surface area contributed by atoms with E-state index in [9.17, 15) is 18.0 Å². The summed E-state index contributed by atoms with van der Waals surface area (Å²) < 4.78 is 36.6. The number of carbonyl (C=O) groups excluding carboxylic acids is 1. The van der Waals surface area contributed by atoms with E-state index in [1.54, 1.807) is 0 Å². The first-order valence-electron chi connectivity index (χ1n) is 3.45. The molecule has 0 aliphatic carbocycles. The minimum Gasteiger partial charge on any atom is -1.00 e. The molecular weight excluding hydrogens is 270 g/mol. The van der Waals surface area contributed by atoms with Crippen LogP contribution in [0.3, 0.4) is 0 Å². The number of benzene rings is 1. The van der Waals surface area contributed by atoms with Gasteiger partial charge in [-0.2, -0.15) is 0 Å². The maximum absolute atomic E-state index is 11.9. The zero-order chi connectivity index (χ0) is 10.1. The Balaban J connectivity index is 0.00000169. The quantitative estimate of drug-likeness (QED) is 0.455. The van der Waals surface area contributed by atoms with Gasteiger partial charge in [0, 0.05) is 0 Å². The number of carbonyl (C=O) groups is 1. The molecule has 1 aromatic rings. The van der Waals surface area contributed by atoms with Crippen molar-refractivity contribution in [3.05, 3.63) is 29.8 Å². The fourth-order valence-corrected chi connectivity index (χ4v) is 1.31. The van der Waals surface area contributed by atoms with Crippen LogP contribution in [0.25, 0.3) is 0 Å². The van der Waals surface area contributed by atoms with Crippen LogP contribution in [0.15, 0.2) is 24.3 Å². The molecular formula is C8H4ClF3OZn. The van der Waals surface area contributed by atoms with Crippen molar-refractivity contribution < 1.29 is 48.7 Å². The summed E-state index contributed by atoms with van der Waals surface area (Å²) >= 11 is 0.862. The van der Waals surface area contributed by atoms with Gasteiger partial charge in [0.25, 0.3) is 0 Å². The molecule has 0 N–H and O–H groups in total. The third-order valence-corrected chi connectivity index (χ3v) is 2.46. The van der Waals surface area contributed by atoms with Crippen molar-refractivity contribution in [3.8, 4) is 0 Å². The summed E-state index contributed by atoms with van der Waals surface area (Å²) in [5, 5.41) is 0. The van der Waals surface area contributed by atoms with Gasteiger partial charge in [0.15, 0.2) is 0 Å². The van der Waals surface area contributed by atoms with Gasteiger partial charge in [0.2, 0.25) is 0 Å². The van der Waals surface area contributed by atoms with Crippen LogP contribution >= 0.6 is 0 Å². The van der Waals surface area contributed by atoms with Crippen molar-refractivity contribution >= 4 is 9.94 Å². The molecule has 0 fully saturated rings. The van der Waals surface area contributed by atoms with Crippen LogP contribution in [-0.2, 0) is 18.3 Å². The molecule has 0 radical (unpaired) electrons. The molecule has 6 heteroatoms. The monoisotopic (exact) mass is 272 g/mol. The van der Waals surface area contributed by atoms with Gasteiger partial charge in [-0.05, 0) is 0 Å². The maximum atomic E-state index is 11.9. The Morgan fingerprint density at radius 2 is 1.57 bits per heavy atom. The molecule has 1 nitrogen and oxygen atoms in total. The van der Waals surface area contributed by atoms with Crippen LogP contribution in [0.2, 0.25) is 0 Å². The fraction of sp³-hybridized carbons (Fsp3) is 0.125. The minimum absolute atomic E-state index is 0. The van der Waals surface area contributed by atoms with Gasteiger partial charge in [0.1, 0.15) is 0 Å². The summed E-state index contributed by atoms with van der Waals surface area (Å²) in [5.74, 6) is -1.78. The number of alkyl halides is 3. The smallest absolute Gasteiger partial charge is 1.00 e. The molecule has 0 amide bonds. The maximum Gasteiger partial charge on any atom is -1.00 e. The predicted molar refractivity (Wildman–Crippen MR) is 36.5 cm³/mol. The van der Waals surface area contributed by atoms with E-state index in [1.165, 1.54) is 24.3 Å². The van der Waals surface area contributed by atoms with Crippen LogP contribution < -0.4 is 16.6 Å². The number of hydrogen-bond donors (Lipinski definition) is 0. The van der Waals surface area contributed by atoms with Crippen molar-refractivity contribution in [1.82, 2.24) is 0 Å². The van der Waals surface area contributed by atoms with E-state index >= 15 is 0 Å². The zero-order valence-corrected chi connectivity index (χ0v) is 10.7. The molecule has 72 valence electrons. The SMILES string of the molecule is O=C(c1cc[c]([Zn+])cc1)C(F)(F)F.[Cl-]. The van der Waals surface area contributed by atoms with Gasteiger partial charge in [0.05, 0.1) is 0 Å². The molecule has 0 saturated heterocycles. The molecule has 0 aliphatic rings. The Morgan fingerprint density at radius 1 is 1.14 bits per heavy atom. The van der Waals surface area contributed by atoms with Crippen molar-refractivity contribution in [2.24, 2.45) is 0 Å². The summed E-state index contributed by atoms with van der Waals surface area (Å²) in [6, 6.07) is 5.46. The number of ketones is 1. The molecule has 1 aromatic carbocycles. The molecule has 0 atom stereocenters. The van der Waals surface area contributed by atoms with E-state index in [1.807, 2.05) is 0 Å². The summed E-state index contributed by atoms with van der Waals surface area (Å²) in [6.45, 7) is 0. The van der Waals surface area contributed by atoms with Crippen molar-refractivity contribution in [3.63, 3.8) is 0 Å². The third kappa shape index (κ3) is 3.39. The first-order chi connectivity index (χ1) is 5.91. The molecule has 0 aliphatic heterocycles. The van der Waals surface area contributed by atoms with Crippen LogP contribution in [0.1, 0.15) is 10.4 Å². The van der Waals surface area contributed by atoms with Crippen LogP contribution in [0, 0.1) is 0 Å². The average molecular weight is 274 g/mol. The molecule has 14 heavy (non-hydrogen) atoms. The Morgan fingerprint density at radius 3 is 1.93 bits per heavy atom. The molecule has 0 spiro atoms. The van der Waals surface area contributed by atoms with Gasteiger partial charge < -0.3 is 12.4 Å². The minimum atomic E-state index is -4.77. The Kier molecular flexibility index (Phi) is 4.75. The fourth-order valence-electron chi connectivity index (χ4n) is 0.820. The molecule has 1 rings (SSSR count). The Bertz CT molecular complexity index is 320. The number of halogens is 4. The van der Waals surface area contributed by atoms with E-state index in [2.05, 4.69) is 0 Å². The van der Waals surface area contributed by atoms with E-state index in [0.29, 0.717) is 0 Å². The summed E-state index contributed by atoms with van der Waals surface area (Å²) in [5.41, 5.74) is -0.301. The van der Waals surface area contributed by atoms with Crippen molar-refractivity contribution in [2.45, 2.75) is 6.18 Å². The van der Waals surface area contributed by atoms with Crippen molar-refractivity contribution in [2.75, 3.05) is 0 Å². The van der Waals surface area contributed by atoms with Gasteiger partial charge in [-0.3, -0.25) is 0 Å². The van der Waals surface area contributed by atoms with Gasteiger partial charge in [-0.25, -0.2) is 0 Å². The molecule has 0 unspecified atom stereocenters. The summed E-state index contributed by atoms with van der Waals surface area (Å²) in [6.07, 6.45) is -4.77. The topological polar surface area (TPSA) is 17.1 Å². The van der Waals surface area contributed by atoms with Crippen LogP contribution in [0.4, 0.5) is 13.2 Å². The molecule has 0 aromatic heterocycles. The average Bonchev–Trinajstić information content (AvgIpc) is 2.03. The Labute approximate surface area is 94.8 Å². The van der Waals surface area contributed by atoms with E-state index < -0.39 is 12.0 Å². The van der Waals surface area contributed by atoms with Gasteiger partial charge >= 0.3 is 82.2 Å². The molecule has 0 saturated carbocycles. The largest absolute Gasteiger partial charge is 1.00 e. The zero-order valence-electron chi connectivity index (χ0n) is 6.94. The summed E-state index contributed by atoms with van der Waals surface area (Å²) in [7, 11) is 0. The summed E-state index contributed by atoms with van der Waals surface area (Å²) in [4.78, 5) is 10.7. The van der Waals surface area contributed by atoms with Crippen LogP contribution in [0.5, 0.6) is 0 Å². The van der Waals surface area contributed by atoms with Gasteiger partial charge in [-0.1, -0.05) is 0 Å². The Hall–Kier alpha value is -0.407. The van der Waals surface area contributed by atoms with Crippen molar-refractivity contribution in [1.29, 1.82) is 0 Å². The van der Waals surface area contributed by atoms with E-state index in [0.717, 1.165) is 22.5 Å². The van der Waals surface area contributed by atoms with E-state index in [4.69, 9.17) is 0 Å². The third-order valence-electron chi connectivity index (χ3n) is 1.47. The second-order valence-electron chi connectivity index (χ2n) is 2.52.